The fourth-order valence-corrected chi connectivity index (χ4v) is 3.48. The van der Waals surface area contributed by atoms with E-state index in [1.807, 2.05) is 19.2 Å². The molecule has 1 saturated carbocycles. The van der Waals surface area contributed by atoms with Crippen LogP contribution in [0, 0.1) is 6.92 Å². The van der Waals surface area contributed by atoms with Gasteiger partial charge in [0.05, 0.1) is 28.0 Å². The SMILES string of the molecule is Cc1ncc(C(=O)Cc2ccn(C3CCCCC3)n2)s1. The standard InChI is InChI=1S/C15H19N3OS/c1-11-16-10-15(20-11)14(19)9-12-7-8-18(17-12)13-5-3-2-4-6-13/h7-8,10,13H,2-6,9H2,1H3. The van der Waals surface area contributed by atoms with Crippen LogP contribution in [-0.4, -0.2) is 20.5 Å². The number of rotatable bonds is 4. The fraction of sp³-hybridized carbons (Fsp3) is 0.533. The van der Waals surface area contributed by atoms with Crippen molar-refractivity contribution in [3.63, 3.8) is 0 Å². The molecule has 0 atom stereocenters. The van der Waals surface area contributed by atoms with Gasteiger partial charge < -0.3 is 0 Å². The van der Waals surface area contributed by atoms with E-state index in [2.05, 4.69) is 14.8 Å². The van der Waals surface area contributed by atoms with E-state index in [1.54, 1.807) is 6.20 Å². The summed E-state index contributed by atoms with van der Waals surface area (Å²) in [4.78, 5) is 17.0. The highest BCUT2D eigenvalue weighted by Crippen LogP contribution is 2.27. The molecule has 5 heteroatoms. The number of ketones is 1. The molecule has 1 aliphatic carbocycles. The molecule has 0 amide bonds. The summed E-state index contributed by atoms with van der Waals surface area (Å²) < 4.78 is 2.06. The minimum Gasteiger partial charge on any atom is -0.293 e. The molecule has 0 N–H and O–H groups in total. The van der Waals surface area contributed by atoms with Gasteiger partial charge in [-0.3, -0.25) is 9.48 Å². The van der Waals surface area contributed by atoms with Crippen molar-refractivity contribution in [3.05, 3.63) is 34.0 Å². The molecular weight excluding hydrogens is 270 g/mol. The van der Waals surface area contributed by atoms with Crippen molar-refractivity contribution in [2.75, 3.05) is 0 Å². The number of carbonyl (C=O) groups excluding carboxylic acids is 1. The highest BCUT2D eigenvalue weighted by atomic mass is 32.1. The Hall–Kier alpha value is -1.49. The summed E-state index contributed by atoms with van der Waals surface area (Å²) in [5, 5.41) is 5.52. The van der Waals surface area contributed by atoms with Crippen molar-refractivity contribution >= 4 is 17.1 Å². The third-order valence-corrected chi connectivity index (χ3v) is 4.80. The number of aromatic nitrogens is 3. The molecule has 106 valence electrons. The van der Waals surface area contributed by atoms with Gasteiger partial charge in [0.2, 0.25) is 0 Å². The molecule has 2 aromatic heterocycles. The molecule has 0 spiro atoms. The van der Waals surface area contributed by atoms with Crippen LogP contribution < -0.4 is 0 Å². The Kier molecular flexibility index (Phi) is 3.96. The molecule has 0 aliphatic heterocycles. The van der Waals surface area contributed by atoms with Gasteiger partial charge in [-0.15, -0.1) is 11.3 Å². The maximum Gasteiger partial charge on any atom is 0.180 e. The first kappa shape index (κ1) is 13.5. The zero-order chi connectivity index (χ0) is 13.9. The summed E-state index contributed by atoms with van der Waals surface area (Å²) in [7, 11) is 0. The highest BCUT2D eigenvalue weighted by molar-refractivity contribution is 7.13. The number of carbonyl (C=O) groups is 1. The van der Waals surface area contributed by atoms with E-state index in [4.69, 9.17) is 0 Å². The molecule has 0 radical (unpaired) electrons. The molecule has 0 bridgehead atoms. The van der Waals surface area contributed by atoms with E-state index < -0.39 is 0 Å². The molecule has 2 heterocycles. The Morgan fingerprint density at radius 2 is 2.20 bits per heavy atom. The topological polar surface area (TPSA) is 47.8 Å². The quantitative estimate of drug-likeness (QED) is 0.808. The lowest BCUT2D eigenvalue weighted by Gasteiger charge is -2.21. The van der Waals surface area contributed by atoms with E-state index in [0.717, 1.165) is 15.6 Å². The minimum absolute atomic E-state index is 0.115. The fourth-order valence-electron chi connectivity index (χ4n) is 2.76. The van der Waals surface area contributed by atoms with Gasteiger partial charge in [-0.1, -0.05) is 19.3 Å². The molecule has 0 saturated heterocycles. The summed E-state index contributed by atoms with van der Waals surface area (Å²) in [6, 6.07) is 2.50. The number of nitrogens with zero attached hydrogens (tertiary/aromatic N) is 3. The van der Waals surface area contributed by atoms with Crippen LogP contribution in [0.4, 0.5) is 0 Å². The van der Waals surface area contributed by atoms with Crippen LogP contribution in [0.2, 0.25) is 0 Å². The van der Waals surface area contributed by atoms with Crippen molar-refractivity contribution in [2.24, 2.45) is 0 Å². The molecule has 2 aromatic rings. The smallest absolute Gasteiger partial charge is 0.180 e. The third-order valence-electron chi connectivity index (χ3n) is 3.85. The minimum atomic E-state index is 0.115. The Bertz CT molecular complexity index is 596. The Balaban J connectivity index is 1.66. The maximum atomic E-state index is 12.1. The van der Waals surface area contributed by atoms with Gasteiger partial charge in [0.15, 0.2) is 5.78 Å². The molecule has 0 aromatic carbocycles. The Morgan fingerprint density at radius 3 is 2.90 bits per heavy atom. The Morgan fingerprint density at radius 1 is 1.40 bits per heavy atom. The average Bonchev–Trinajstić information content (AvgIpc) is 3.09. The van der Waals surface area contributed by atoms with Crippen molar-refractivity contribution in [1.82, 2.24) is 14.8 Å². The predicted molar refractivity (Wildman–Crippen MR) is 79.2 cm³/mol. The average molecular weight is 289 g/mol. The zero-order valence-electron chi connectivity index (χ0n) is 11.7. The van der Waals surface area contributed by atoms with Crippen LogP contribution >= 0.6 is 11.3 Å². The summed E-state index contributed by atoms with van der Waals surface area (Å²) in [5.41, 5.74) is 0.867. The van der Waals surface area contributed by atoms with Crippen LogP contribution in [0.15, 0.2) is 18.5 Å². The number of hydrogen-bond donors (Lipinski definition) is 0. The normalized spacial score (nSPS) is 16.4. The van der Waals surface area contributed by atoms with Crippen molar-refractivity contribution < 1.29 is 4.79 Å². The van der Waals surface area contributed by atoms with Gasteiger partial charge in [0.1, 0.15) is 0 Å². The van der Waals surface area contributed by atoms with E-state index in [-0.39, 0.29) is 5.78 Å². The molecule has 1 aliphatic rings. The summed E-state index contributed by atoms with van der Waals surface area (Å²) >= 11 is 1.45. The number of Topliss-reactive ketones (excluding diaryl/α,β-unsaturated/α-hetero) is 1. The first-order chi connectivity index (χ1) is 9.72. The van der Waals surface area contributed by atoms with Crippen LogP contribution in [0.25, 0.3) is 0 Å². The van der Waals surface area contributed by atoms with E-state index >= 15 is 0 Å². The van der Waals surface area contributed by atoms with Crippen LogP contribution in [0.1, 0.15) is 58.5 Å². The van der Waals surface area contributed by atoms with Crippen molar-refractivity contribution in [3.8, 4) is 0 Å². The first-order valence-electron chi connectivity index (χ1n) is 7.22. The second-order valence-corrected chi connectivity index (χ2v) is 6.66. The second-order valence-electron chi connectivity index (χ2n) is 5.42. The van der Waals surface area contributed by atoms with Gasteiger partial charge in [0.25, 0.3) is 0 Å². The Labute approximate surface area is 122 Å². The predicted octanol–water partition coefficient (Wildman–Crippen LogP) is 3.58. The number of hydrogen-bond acceptors (Lipinski definition) is 4. The van der Waals surface area contributed by atoms with Gasteiger partial charge >= 0.3 is 0 Å². The molecule has 3 rings (SSSR count). The van der Waals surface area contributed by atoms with Gasteiger partial charge in [-0.05, 0) is 25.8 Å². The first-order valence-corrected chi connectivity index (χ1v) is 8.03. The van der Waals surface area contributed by atoms with Gasteiger partial charge in [-0.25, -0.2) is 4.98 Å². The molecule has 20 heavy (non-hydrogen) atoms. The lowest BCUT2D eigenvalue weighted by atomic mass is 9.96. The lowest BCUT2D eigenvalue weighted by molar-refractivity contribution is 0.0995. The van der Waals surface area contributed by atoms with Gasteiger partial charge in [-0.2, -0.15) is 5.10 Å². The zero-order valence-corrected chi connectivity index (χ0v) is 12.5. The largest absolute Gasteiger partial charge is 0.293 e. The molecule has 0 unspecified atom stereocenters. The van der Waals surface area contributed by atoms with Gasteiger partial charge in [0, 0.05) is 12.4 Å². The summed E-state index contributed by atoms with van der Waals surface area (Å²) in [5.74, 6) is 0.115. The van der Waals surface area contributed by atoms with E-state index in [0.29, 0.717) is 12.5 Å². The highest BCUT2D eigenvalue weighted by Gasteiger charge is 2.17. The van der Waals surface area contributed by atoms with E-state index in [1.165, 1.54) is 43.4 Å². The van der Waals surface area contributed by atoms with Crippen LogP contribution in [0.3, 0.4) is 0 Å². The lowest BCUT2D eigenvalue weighted by Crippen LogP contribution is -2.14. The maximum absolute atomic E-state index is 12.1. The monoisotopic (exact) mass is 289 g/mol. The second kappa shape index (κ2) is 5.87. The van der Waals surface area contributed by atoms with Crippen molar-refractivity contribution in [1.29, 1.82) is 0 Å². The molecular formula is C15H19N3OS. The summed E-state index contributed by atoms with van der Waals surface area (Å²) in [6.07, 6.45) is 10.4. The van der Waals surface area contributed by atoms with Crippen LogP contribution in [-0.2, 0) is 6.42 Å². The summed E-state index contributed by atoms with van der Waals surface area (Å²) in [6.45, 7) is 1.92. The van der Waals surface area contributed by atoms with Crippen LogP contribution in [0.5, 0.6) is 0 Å². The van der Waals surface area contributed by atoms with Crippen molar-refractivity contribution in [2.45, 2.75) is 51.5 Å². The molecule has 4 nitrogen and oxygen atoms in total. The number of thiazole rings is 1. The molecule has 1 fully saturated rings. The number of aryl methyl sites for hydroxylation is 1. The third kappa shape index (κ3) is 2.98. The van der Waals surface area contributed by atoms with E-state index in [9.17, 15) is 4.79 Å².